The Balaban J connectivity index is 1.62. The third-order valence-corrected chi connectivity index (χ3v) is 5.01. The summed E-state index contributed by atoms with van der Waals surface area (Å²) in [5.41, 5.74) is 4.77. The van der Waals surface area contributed by atoms with Gasteiger partial charge < -0.3 is 15.2 Å². The van der Waals surface area contributed by atoms with Gasteiger partial charge in [0.15, 0.2) is 0 Å². The molecule has 0 aliphatic carbocycles. The molecule has 0 atom stereocenters. The smallest absolute Gasteiger partial charge is 0.335 e. The van der Waals surface area contributed by atoms with Crippen LogP contribution >= 0.6 is 15.9 Å². The molecule has 0 aromatic heterocycles. The van der Waals surface area contributed by atoms with E-state index in [1.165, 1.54) is 11.1 Å². The first-order chi connectivity index (χ1) is 13.5. The third kappa shape index (κ3) is 5.44. The highest BCUT2D eigenvalue weighted by Crippen LogP contribution is 2.24. The fraction of sp³-hybridized carbons (Fsp3) is 0.174. The molecular weight excluding hydrogens is 418 g/mol. The van der Waals surface area contributed by atoms with E-state index in [0.717, 1.165) is 21.3 Å². The van der Waals surface area contributed by atoms with Crippen LogP contribution in [0.1, 0.15) is 32.6 Å². The number of aryl methyl sites for hydroxylation is 1. The van der Waals surface area contributed by atoms with Gasteiger partial charge in [-0.25, -0.2) is 4.79 Å². The van der Waals surface area contributed by atoms with Crippen molar-refractivity contribution in [2.45, 2.75) is 26.6 Å². The second-order valence-electron chi connectivity index (χ2n) is 6.57. The zero-order chi connectivity index (χ0) is 19.9. The van der Waals surface area contributed by atoms with Crippen molar-refractivity contribution in [1.82, 2.24) is 5.32 Å². The van der Waals surface area contributed by atoms with Crippen molar-refractivity contribution in [3.8, 4) is 5.75 Å². The minimum absolute atomic E-state index is 0.294. The molecule has 2 N–H and O–H groups in total. The summed E-state index contributed by atoms with van der Waals surface area (Å²) in [5.74, 6) is -0.0655. The second-order valence-corrected chi connectivity index (χ2v) is 7.49. The summed E-state index contributed by atoms with van der Waals surface area (Å²) in [6.07, 6.45) is 0. The molecule has 0 amide bonds. The lowest BCUT2D eigenvalue weighted by atomic mass is 10.1. The molecule has 3 aromatic rings. The van der Waals surface area contributed by atoms with Crippen molar-refractivity contribution >= 4 is 21.9 Å². The van der Waals surface area contributed by atoms with Crippen molar-refractivity contribution in [2.24, 2.45) is 0 Å². The molecule has 0 aliphatic rings. The molecule has 4 nitrogen and oxygen atoms in total. The molecule has 0 bridgehead atoms. The largest absolute Gasteiger partial charge is 0.489 e. The molecule has 0 radical (unpaired) electrons. The Hall–Kier alpha value is -2.63. The quantitative estimate of drug-likeness (QED) is 0.498. The predicted octanol–water partition coefficient (Wildman–Crippen LogP) is 5.32. The maximum Gasteiger partial charge on any atom is 0.335 e. The molecular formula is C23H22BrNO3. The van der Waals surface area contributed by atoms with Gasteiger partial charge in [-0.3, -0.25) is 0 Å². The van der Waals surface area contributed by atoms with Gasteiger partial charge >= 0.3 is 5.97 Å². The van der Waals surface area contributed by atoms with Gasteiger partial charge in [-0.15, -0.1) is 0 Å². The van der Waals surface area contributed by atoms with Crippen LogP contribution in [0, 0.1) is 6.92 Å². The summed E-state index contributed by atoms with van der Waals surface area (Å²) in [4.78, 5) is 10.9. The summed E-state index contributed by atoms with van der Waals surface area (Å²) >= 11 is 3.52. The molecule has 0 unspecified atom stereocenters. The molecule has 5 heteroatoms. The van der Waals surface area contributed by atoms with Crippen LogP contribution in [-0.4, -0.2) is 11.1 Å². The predicted molar refractivity (Wildman–Crippen MR) is 114 cm³/mol. The monoisotopic (exact) mass is 439 g/mol. The van der Waals surface area contributed by atoms with E-state index in [2.05, 4.69) is 40.3 Å². The third-order valence-electron chi connectivity index (χ3n) is 4.51. The van der Waals surface area contributed by atoms with Crippen molar-refractivity contribution < 1.29 is 14.6 Å². The summed E-state index contributed by atoms with van der Waals surface area (Å²) in [6, 6.07) is 21.1. The zero-order valence-corrected chi connectivity index (χ0v) is 17.2. The number of carboxylic acid groups (broad SMARTS) is 1. The highest BCUT2D eigenvalue weighted by molar-refractivity contribution is 9.10. The number of benzene rings is 3. The number of carboxylic acids is 1. The van der Waals surface area contributed by atoms with Gasteiger partial charge in [-0.2, -0.15) is 0 Å². The van der Waals surface area contributed by atoms with E-state index in [9.17, 15) is 4.79 Å². The lowest BCUT2D eigenvalue weighted by Gasteiger charge is -2.14. The van der Waals surface area contributed by atoms with E-state index in [0.29, 0.717) is 25.3 Å². The Morgan fingerprint density at radius 1 is 1.00 bits per heavy atom. The minimum Gasteiger partial charge on any atom is -0.489 e. The van der Waals surface area contributed by atoms with Crippen LogP contribution in [0.25, 0.3) is 0 Å². The average molecular weight is 440 g/mol. The van der Waals surface area contributed by atoms with Crippen LogP contribution in [0.2, 0.25) is 0 Å². The normalized spacial score (nSPS) is 10.6. The number of carbonyl (C=O) groups is 1. The Labute approximate surface area is 173 Å². The van der Waals surface area contributed by atoms with E-state index in [1.54, 1.807) is 12.1 Å². The van der Waals surface area contributed by atoms with Gasteiger partial charge in [0, 0.05) is 23.1 Å². The number of hydrogen-bond acceptors (Lipinski definition) is 3. The topological polar surface area (TPSA) is 58.6 Å². The number of halogens is 1. The summed E-state index contributed by atoms with van der Waals surface area (Å²) in [6.45, 7) is 3.89. The highest BCUT2D eigenvalue weighted by atomic mass is 79.9. The van der Waals surface area contributed by atoms with Crippen LogP contribution in [0.5, 0.6) is 5.75 Å². The lowest BCUT2D eigenvalue weighted by Crippen LogP contribution is -2.14. The summed E-state index contributed by atoms with van der Waals surface area (Å²) < 4.78 is 7.08. The maximum atomic E-state index is 10.9. The first-order valence-electron chi connectivity index (χ1n) is 9.01. The van der Waals surface area contributed by atoms with E-state index in [4.69, 9.17) is 9.84 Å². The molecule has 3 aromatic carbocycles. The summed E-state index contributed by atoms with van der Waals surface area (Å²) in [5, 5.41) is 12.4. The number of aromatic carboxylic acids is 1. The first-order valence-corrected chi connectivity index (χ1v) is 9.81. The Morgan fingerprint density at radius 2 is 1.75 bits per heavy atom. The Morgan fingerprint density at radius 3 is 2.46 bits per heavy atom. The molecule has 144 valence electrons. The van der Waals surface area contributed by atoms with Gasteiger partial charge in [-0.05, 0) is 53.9 Å². The van der Waals surface area contributed by atoms with Crippen molar-refractivity contribution in [1.29, 1.82) is 0 Å². The number of hydrogen-bond donors (Lipinski definition) is 2. The lowest BCUT2D eigenvalue weighted by molar-refractivity contribution is 0.0697. The van der Waals surface area contributed by atoms with Crippen LogP contribution in [-0.2, 0) is 19.7 Å². The van der Waals surface area contributed by atoms with Gasteiger partial charge in [0.25, 0.3) is 0 Å². The first kappa shape index (κ1) is 20.1. The van der Waals surface area contributed by atoms with Crippen molar-refractivity contribution in [3.05, 3.63) is 99.0 Å². The van der Waals surface area contributed by atoms with Crippen LogP contribution in [0.3, 0.4) is 0 Å². The molecule has 0 saturated carbocycles. The number of rotatable bonds is 8. The van der Waals surface area contributed by atoms with E-state index >= 15 is 0 Å². The van der Waals surface area contributed by atoms with E-state index in [-0.39, 0.29) is 0 Å². The van der Waals surface area contributed by atoms with E-state index in [1.807, 2.05) is 42.5 Å². The highest BCUT2D eigenvalue weighted by Gasteiger charge is 2.07. The Bertz CT molecular complexity index is 954. The molecule has 0 fully saturated rings. The van der Waals surface area contributed by atoms with E-state index < -0.39 is 5.97 Å². The zero-order valence-electron chi connectivity index (χ0n) is 15.6. The van der Waals surface area contributed by atoms with Gasteiger partial charge in [0.2, 0.25) is 0 Å². The fourth-order valence-corrected chi connectivity index (χ4v) is 3.27. The standard InChI is InChI=1S/C23H22BrNO3/c1-16-4-2-3-5-19(16)15-28-22-11-10-21(24)12-20(22)14-25-13-17-6-8-18(9-7-17)23(26)27/h2-12,25H,13-15H2,1H3,(H,26,27). The fourth-order valence-electron chi connectivity index (χ4n) is 2.86. The van der Waals surface area contributed by atoms with Crippen molar-refractivity contribution in [2.75, 3.05) is 0 Å². The molecule has 0 aliphatic heterocycles. The maximum absolute atomic E-state index is 10.9. The molecule has 0 spiro atoms. The Kier molecular flexibility index (Phi) is 6.85. The molecule has 0 saturated heterocycles. The van der Waals surface area contributed by atoms with Gasteiger partial charge in [0.05, 0.1) is 5.56 Å². The second kappa shape index (κ2) is 9.53. The van der Waals surface area contributed by atoms with Gasteiger partial charge in [0.1, 0.15) is 12.4 Å². The van der Waals surface area contributed by atoms with Crippen molar-refractivity contribution in [3.63, 3.8) is 0 Å². The average Bonchev–Trinajstić information content (AvgIpc) is 2.69. The number of nitrogens with one attached hydrogen (secondary N) is 1. The van der Waals surface area contributed by atoms with Crippen LogP contribution in [0.4, 0.5) is 0 Å². The van der Waals surface area contributed by atoms with Gasteiger partial charge in [-0.1, -0.05) is 52.3 Å². The van der Waals surface area contributed by atoms with Crippen LogP contribution < -0.4 is 10.1 Å². The molecule has 3 rings (SSSR count). The molecule has 0 heterocycles. The van der Waals surface area contributed by atoms with Crippen LogP contribution in [0.15, 0.2) is 71.2 Å². The number of ether oxygens (including phenoxy) is 1. The minimum atomic E-state index is -0.913. The summed E-state index contributed by atoms with van der Waals surface area (Å²) in [7, 11) is 0. The molecule has 28 heavy (non-hydrogen) atoms. The SMILES string of the molecule is Cc1ccccc1COc1ccc(Br)cc1CNCc1ccc(C(=O)O)cc1.